The van der Waals surface area contributed by atoms with Crippen LogP contribution in [-0.2, 0) is 20.1 Å². The van der Waals surface area contributed by atoms with E-state index in [4.69, 9.17) is 0 Å². The smallest absolute Gasteiger partial charge is 0.275 e. The van der Waals surface area contributed by atoms with Crippen LogP contribution < -0.4 is 5.32 Å². The molecule has 6 nitrogen and oxygen atoms in total. The van der Waals surface area contributed by atoms with Crippen molar-refractivity contribution in [2.75, 3.05) is 0 Å². The molecule has 0 atom stereocenters. The average Bonchev–Trinajstić information content (AvgIpc) is 2.69. The van der Waals surface area contributed by atoms with Crippen LogP contribution in [0.25, 0.3) is 0 Å². The van der Waals surface area contributed by atoms with E-state index in [0.717, 1.165) is 11.3 Å². The summed E-state index contributed by atoms with van der Waals surface area (Å²) in [6, 6.07) is 5.08. The first kappa shape index (κ1) is 14.7. The lowest BCUT2D eigenvalue weighted by atomic mass is 10.1. The summed E-state index contributed by atoms with van der Waals surface area (Å²) in [5.41, 5.74) is 2.84. The fraction of sp³-hybridized carbons (Fsp3) is 0.308. The van der Waals surface area contributed by atoms with Gasteiger partial charge < -0.3 is 5.32 Å². The number of hydrogen-bond donors (Lipinski definition) is 1. The van der Waals surface area contributed by atoms with E-state index in [1.165, 1.54) is 6.07 Å². The van der Waals surface area contributed by atoms with E-state index < -0.39 is 0 Å². The van der Waals surface area contributed by atoms with Crippen LogP contribution in [0, 0.1) is 17.0 Å². The van der Waals surface area contributed by atoms with E-state index >= 15 is 0 Å². The van der Waals surface area contributed by atoms with Gasteiger partial charge in [0, 0.05) is 48.0 Å². The zero-order valence-corrected chi connectivity index (χ0v) is 12.8. The van der Waals surface area contributed by atoms with Crippen molar-refractivity contribution in [1.29, 1.82) is 0 Å². The monoisotopic (exact) mass is 338 g/mol. The zero-order chi connectivity index (χ0) is 14.7. The minimum absolute atomic E-state index is 0.120. The number of aromatic nitrogens is 2. The van der Waals surface area contributed by atoms with E-state index in [9.17, 15) is 10.1 Å². The zero-order valence-electron chi connectivity index (χ0n) is 11.3. The molecule has 1 N–H and O–H groups in total. The molecule has 0 amide bonds. The third-order valence-electron chi connectivity index (χ3n) is 2.99. The molecular weight excluding hydrogens is 324 g/mol. The lowest BCUT2D eigenvalue weighted by Gasteiger charge is -2.05. The van der Waals surface area contributed by atoms with Crippen LogP contribution in [0.1, 0.15) is 16.8 Å². The number of nitrogens with one attached hydrogen (secondary N) is 1. The highest BCUT2D eigenvalue weighted by atomic mass is 79.9. The molecule has 0 bridgehead atoms. The highest BCUT2D eigenvalue weighted by molar-refractivity contribution is 9.10. The summed E-state index contributed by atoms with van der Waals surface area (Å²) in [6.07, 6.45) is 1.94. The number of rotatable bonds is 5. The molecule has 1 aromatic carbocycles. The maximum absolute atomic E-state index is 11.0. The molecule has 2 aromatic rings. The Morgan fingerprint density at radius 1 is 1.40 bits per heavy atom. The number of hydrogen-bond acceptors (Lipinski definition) is 4. The lowest BCUT2D eigenvalue weighted by Crippen LogP contribution is -2.14. The molecule has 7 heteroatoms. The molecule has 0 spiro atoms. The van der Waals surface area contributed by atoms with Gasteiger partial charge in [0.25, 0.3) is 5.69 Å². The van der Waals surface area contributed by atoms with Gasteiger partial charge in [0.1, 0.15) is 0 Å². The van der Waals surface area contributed by atoms with Gasteiger partial charge in [-0.3, -0.25) is 14.8 Å². The second-order valence-corrected chi connectivity index (χ2v) is 5.46. The van der Waals surface area contributed by atoms with Crippen LogP contribution in [0.4, 0.5) is 5.69 Å². The van der Waals surface area contributed by atoms with E-state index in [1.54, 1.807) is 16.8 Å². The summed E-state index contributed by atoms with van der Waals surface area (Å²) >= 11 is 3.25. The van der Waals surface area contributed by atoms with Gasteiger partial charge in [-0.2, -0.15) is 5.10 Å². The van der Waals surface area contributed by atoms with Crippen molar-refractivity contribution >= 4 is 21.6 Å². The molecule has 20 heavy (non-hydrogen) atoms. The Bertz CT molecular complexity index is 639. The van der Waals surface area contributed by atoms with Gasteiger partial charge in [0.05, 0.1) is 10.6 Å². The Kier molecular flexibility index (Phi) is 4.51. The molecule has 0 fully saturated rings. The SMILES string of the molecule is Cc1nn(C)cc1CNCc1ccc(Br)cc1[N+](=O)[O-]. The van der Waals surface area contributed by atoms with Crippen molar-refractivity contribution in [1.82, 2.24) is 15.1 Å². The van der Waals surface area contributed by atoms with E-state index in [0.29, 0.717) is 23.1 Å². The molecular formula is C13H15BrN4O2. The Morgan fingerprint density at radius 2 is 2.10 bits per heavy atom. The highest BCUT2D eigenvalue weighted by Crippen LogP contribution is 2.23. The minimum Gasteiger partial charge on any atom is -0.308 e. The third-order valence-corrected chi connectivity index (χ3v) is 3.48. The molecule has 1 heterocycles. The van der Waals surface area contributed by atoms with Crippen LogP contribution >= 0.6 is 15.9 Å². The number of benzene rings is 1. The number of halogens is 1. The van der Waals surface area contributed by atoms with Crippen LogP contribution in [0.5, 0.6) is 0 Å². The van der Waals surface area contributed by atoms with Gasteiger partial charge in [0.15, 0.2) is 0 Å². The quantitative estimate of drug-likeness (QED) is 0.671. The maximum Gasteiger partial charge on any atom is 0.275 e. The van der Waals surface area contributed by atoms with Gasteiger partial charge in [-0.1, -0.05) is 15.9 Å². The Hall–Kier alpha value is -1.73. The number of nitro groups is 1. The second-order valence-electron chi connectivity index (χ2n) is 4.55. The number of nitro benzene ring substituents is 1. The topological polar surface area (TPSA) is 73.0 Å². The largest absolute Gasteiger partial charge is 0.308 e. The summed E-state index contributed by atoms with van der Waals surface area (Å²) in [6.45, 7) is 3.02. The van der Waals surface area contributed by atoms with Gasteiger partial charge in [-0.25, -0.2) is 0 Å². The van der Waals surface area contributed by atoms with Crippen molar-refractivity contribution in [3.8, 4) is 0 Å². The van der Waals surface area contributed by atoms with Crippen LogP contribution in [0.2, 0.25) is 0 Å². The molecule has 1 aromatic heterocycles. The van der Waals surface area contributed by atoms with E-state index in [1.807, 2.05) is 20.2 Å². The normalized spacial score (nSPS) is 10.8. The molecule has 0 aliphatic carbocycles. The molecule has 0 aliphatic heterocycles. The fourth-order valence-corrected chi connectivity index (χ4v) is 2.36. The first-order valence-corrected chi connectivity index (χ1v) is 6.89. The fourth-order valence-electron chi connectivity index (χ4n) is 2.01. The highest BCUT2D eigenvalue weighted by Gasteiger charge is 2.13. The summed E-state index contributed by atoms with van der Waals surface area (Å²) in [7, 11) is 1.87. The van der Waals surface area contributed by atoms with Crippen molar-refractivity contribution in [3.05, 3.63) is 55.8 Å². The predicted octanol–water partition coefficient (Wildman–Crippen LogP) is 2.69. The van der Waals surface area contributed by atoms with Crippen LogP contribution in [-0.4, -0.2) is 14.7 Å². The summed E-state index contributed by atoms with van der Waals surface area (Å²) in [4.78, 5) is 10.6. The molecule has 0 unspecified atom stereocenters. The maximum atomic E-state index is 11.0. The predicted molar refractivity (Wildman–Crippen MR) is 79.3 cm³/mol. The van der Waals surface area contributed by atoms with Gasteiger partial charge in [-0.05, 0) is 19.1 Å². The Morgan fingerprint density at radius 3 is 2.70 bits per heavy atom. The summed E-state index contributed by atoms with van der Waals surface area (Å²) < 4.78 is 2.46. The first-order chi connectivity index (χ1) is 9.47. The van der Waals surface area contributed by atoms with Crippen LogP contribution in [0.15, 0.2) is 28.9 Å². The van der Waals surface area contributed by atoms with Crippen molar-refractivity contribution in [2.24, 2.45) is 7.05 Å². The lowest BCUT2D eigenvalue weighted by molar-refractivity contribution is -0.385. The molecule has 0 aliphatic rings. The summed E-state index contributed by atoms with van der Waals surface area (Å²) in [5, 5.41) is 18.5. The average molecular weight is 339 g/mol. The molecule has 0 saturated carbocycles. The van der Waals surface area contributed by atoms with Crippen LogP contribution in [0.3, 0.4) is 0 Å². The molecule has 0 saturated heterocycles. The second kappa shape index (κ2) is 6.15. The first-order valence-electron chi connectivity index (χ1n) is 6.10. The van der Waals surface area contributed by atoms with E-state index in [2.05, 4.69) is 26.3 Å². The van der Waals surface area contributed by atoms with Gasteiger partial charge >= 0.3 is 0 Å². The van der Waals surface area contributed by atoms with Crippen molar-refractivity contribution < 1.29 is 4.92 Å². The van der Waals surface area contributed by atoms with Crippen molar-refractivity contribution in [3.63, 3.8) is 0 Å². The Labute approximate surface area is 125 Å². The Balaban J connectivity index is 2.04. The standard InChI is InChI=1S/C13H15BrN4O2/c1-9-11(8-17(2)16-9)7-15-6-10-3-4-12(14)5-13(10)18(19)20/h3-5,8,15H,6-7H2,1-2H3. The minimum atomic E-state index is -0.364. The van der Waals surface area contributed by atoms with Gasteiger partial charge in [-0.15, -0.1) is 0 Å². The third kappa shape index (κ3) is 3.43. The molecule has 2 rings (SSSR count). The number of nitrogens with zero attached hydrogens (tertiary/aromatic N) is 3. The summed E-state index contributed by atoms with van der Waals surface area (Å²) in [5.74, 6) is 0. The van der Waals surface area contributed by atoms with Crippen molar-refractivity contribution in [2.45, 2.75) is 20.0 Å². The van der Waals surface area contributed by atoms with Gasteiger partial charge in [0.2, 0.25) is 0 Å². The molecule has 0 radical (unpaired) electrons. The van der Waals surface area contributed by atoms with E-state index in [-0.39, 0.29) is 10.6 Å². The molecule has 106 valence electrons. The number of aryl methyl sites for hydroxylation is 2.